The maximum atomic E-state index is 6.37. The molecule has 0 aliphatic heterocycles. The lowest BCUT2D eigenvalue weighted by atomic mass is 10.00. The summed E-state index contributed by atoms with van der Waals surface area (Å²) in [4.78, 5) is 0. The molecule has 0 atom stereocenters. The number of aromatic nitrogens is 1. The van der Waals surface area contributed by atoms with Crippen molar-refractivity contribution < 1.29 is 0 Å². The number of benzene rings is 4. The summed E-state index contributed by atoms with van der Waals surface area (Å²) in [6, 6.07) is 25.5. The molecule has 0 amide bonds. The molecule has 0 aliphatic carbocycles. The molecule has 5 rings (SSSR count). The lowest BCUT2D eigenvalue weighted by Crippen LogP contribution is -2.06. The van der Waals surface area contributed by atoms with Crippen molar-refractivity contribution in [1.29, 1.82) is 0 Å². The number of fused-ring (bicyclic) bond motifs is 7. The van der Waals surface area contributed by atoms with Crippen LogP contribution in [-0.2, 0) is 0 Å². The van der Waals surface area contributed by atoms with Gasteiger partial charge in [-0.05, 0) is 33.7 Å². The molecule has 2 heteroatoms. The Morgan fingerprint density at radius 1 is 0.545 bits per heavy atom. The zero-order chi connectivity index (χ0) is 14.7. The minimum absolute atomic E-state index is 1.07. The van der Waals surface area contributed by atoms with Crippen LogP contribution in [0, 0.1) is 0 Å². The van der Waals surface area contributed by atoms with Gasteiger partial charge in [-0.15, -0.1) is 0 Å². The zero-order valence-electron chi connectivity index (χ0n) is 12.0. The van der Waals surface area contributed by atoms with Gasteiger partial charge >= 0.3 is 0 Å². The molecule has 4 aromatic carbocycles. The van der Waals surface area contributed by atoms with E-state index in [1.165, 1.54) is 32.3 Å². The van der Waals surface area contributed by atoms with E-state index in [1.807, 2.05) is 4.68 Å². The van der Waals surface area contributed by atoms with Crippen LogP contribution in [0.15, 0.2) is 72.8 Å². The predicted octanol–water partition coefficient (Wildman–Crippen LogP) is 4.81. The Morgan fingerprint density at radius 2 is 1.00 bits per heavy atom. The fourth-order valence-electron chi connectivity index (χ4n) is 3.58. The van der Waals surface area contributed by atoms with Gasteiger partial charge in [0, 0.05) is 10.8 Å². The Hall–Kier alpha value is -3.00. The highest BCUT2D eigenvalue weighted by molar-refractivity contribution is 6.27. The summed E-state index contributed by atoms with van der Waals surface area (Å²) in [7, 11) is 0. The molecular weight excluding hydrogens is 268 g/mol. The second kappa shape index (κ2) is 4.01. The third kappa shape index (κ3) is 1.34. The fourth-order valence-corrected chi connectivity index (χ4v) is 3.58. The van der Waals surface area contributed by atoms with Crippen molar-refractivity contribution in [3.63, 3.8) is 0 Å². The summed E-state index contributed by atoms with van der Waals surface area (Å²) in [6.07, 6.45) is 0. The van der Waals surface area contributed by atoms with E-state index in [9.17, 15) is 0 Å². The van der Waals surface area contributed by atoms with Crippen molar-refractivity contribution in [3.8, 4) is 0 Å². The van der Waals surface area contributed by atoms with E-state index >= 15 is 0 Å². The third-order valence-corrected chi connectivity index (χ3v) is 4.58. The van der Waals surface area contributed by atoms with E-state index in [0.717, 1.165) is 11.0 Å². The highest BCUT2D eigenvalue weighted by atomic mass is 15.3. The first kappa shape index (κ1) is 11.6. The van der Waals surface area contributed by atoms with Gasteiger partial charge in [0.05, 0.1) is 11.0 Å². The van der Waals surface area contributed by atoms with Crippen LogP contribution in [0.2, 0.25) is 0 Å². The van der Waals surface area contributed by atoms with E-state index in [-0.39, 0.29) is 0 Å². The number of nitrogens with zero attached hydrogens (tertiary/aromatic N) is 1. The van der Waals surface area contributed by atoms with E-state index in [0.29, 0.717) is 0 Å². The standard InChI is InChI=1S/C20H14N2/c21-22-17-11-9-13-5-1-3-7-15(13)19(17)20-16-8-4-2-6-14(16)10-12-18(20)22/h1-12H,21H2. The molecule has 0 saturated heterocycles. The Kier molecular flexibility index (Phi) is 2.12. The van der Waals surface area contributed by atoms with E-state index in [2.05, 4.69) is 72.8 Å². The topological polar surface area (TPSA) is 30.9 Å². The van der Waals surface area contributed by atoms with Crippen LogP contribution in [0.4, 0.5) is 0 Å². The van der Waals surface area contributed by atoms with Crippen molar-refractivity contribution in [2.75, 3.05) is 5.84 Å². The van der Waals surface area contributed by atoms with Crippen LogP contribution >= 0.6 is 0 Å². The average molecular weight is 282 g/mol. The van der Waals surface area contributed by atoms with Gasteiger partial charge in [0.1, 0.15) is 0 Å². The molecule has 0 spiro atoms. The molecule has 2 nitrogen and oxygen atoms in total. The molecular formula is C20H14N2. The van der Waals surface area contributed by atoms with Gasteiger partial charge in [-0.2, -0.15) is 0 Å². The summed E-state index contributed by atoms with van der Waals surface area (Å²) >= 11 is 0. The first-order chi connectivity index (χ1) is 10.8. The molecule has 0 fully saturated rings. The highest BCUT2D eigenvalue weighted by Gasteiger charge is 2.13. The van der Waals surface area contributed by atoms with E-state index < -0.39 is 0 Å². The van der Waals surface area contributed by atoms with Gasteiger partial charge in [0.2, 0.25) is 0 Å². The Bertz CT molecular complexity index is 1090. The summed E-state index contributed by atoms with van der Waals surface area (Å²) in [6.45, 7) is 0. The van der Waals surface area contributed by atoms with Gasteiger partial charge < -0.3 is 5.84 Å². The van der Waals surface area contributed by atoms with Gasteiger partial charge in [-0.25, -0.2) is 0 Å². The zero-order valence-corrected chi connectivity index (χ0v) is 12.0. The number of nitrogens with two attached hydrogens (primary N) is 1. The van der Waals surface area contributed by atoms with Crippen molar-refractivity contribution in [2.24, 2.45) is 0 Å². The molecule has 22 heavy (non-hydrogen) atoms. The SMILES string of the molecule is Nn1c2ccc3ccccc3c2c2c3ccccc3ccc21. The molecule has 0 saturated carbocycles. The van der Waals surface area contributed by atoms with Gasteiger partial charge in [-0.1, -0.05) is 60.7 Å². The molecule has 5 aromatic rings. The number of hydrogen-bond acceptors (Lipinski definition) is 1. The number of hydrogen-bond donors (Lipinski definition) is 1. The predicted molar refractivity (Wildman–Crippen MR) is 94.6 cm³/mol. The summed E-state index contributed by atoms with van der Waals surface area (Å²) in [5.74, 6) is 6.37. The summed E-state index contributed by atoms with van der Waals surface area (Å²) in [5.41, 5.74) is 2.15. The molecule has 104 valence electrons. The first-order valence-corrected chi connectivity index (χ1v) is 7.43. The molecule has 0 unspecified atom stereocenters. The van der Waals surface area contributed by atoms with Crippen LogP contribution in [0.1, 0.15) is 0 Å². The van der Waals surface area contributed by atoms with E-state index in [1.54, 1.807) is 0 Å². The van der Waals surface area contributed by atoms with Crippen molar-refractivity contribution in [2.45, 2.75) is 0 Å². The third-order valence-electron chi connectivity index (χ3n) is 4.58. The van der Waals surface area contributed by atoms with Crippen LogP contribution in [0.25, 0.3) is 43.4 Å². The van der Waals surface area contributed by atoms with Crippen molar-refractivity contribution >= 4 is 43.4 Å². The van der Waals surface area contributed by atoms with Crippen LogP contribution in [0.3, 0.4) is 0 Å². The minimum atomic E-state index is 1.07. The normalized spacial score (nSPS) is 11.8. The second-order valence-electron chi connectivity index (χ2n) is 5.73. The van der Waals surface area contributed by atoms with E-state index in [4.69, 9.17) is 5.84 Å². The lowest BCUT2D eigenvalue weighted by molar-refractivity contribution is 1.12. The molecule has 1 heterocycles. The monoisotopic (exact) mass is 282 g/mol. The number of nitrogen functional groups attached to an aromatic ring is 1. The molecule has 1 aromatic heterocycles. The molecule has 0 radical (unpaired) electrons. The molecule has 2 N–H and O–H groups in total. The van der Waals surface area contributed by atoms with Gasteiger partial charge in [0.15, 0.2) is 0 Å². The summed E-state index contributed by atoms with van der Waals surface area (Å²) in [5, 5.41) is 7.49. The Morgan fingerprint density at radius 3 is 1.50 bits per heavy atom. The smallest absolute Gasteiger partial charge is 0.0710 e. The Labute approximate surface area is 127 Å². The molecule has 0 aliphatic rings. The quantitative estimate of drug-likeness (QED) is 0.406. The largest absolute Gasteiger partial charge is 0.339 e. The minimum Gasteiger partial charge on any atom is -0.339 e. The van der Waals surface area contributed by atoms with Crippen LogP contribution < -0.4 is 5.84 Å². The van der Waals surface area contributed by atoms with Crippen molar-refractivity contribution in [1.82, 2.24) is 4.68 Å². The van der Waals surface area contributed by atoms with Gasteiger partial charge in [0.25, 0.3) is 0 Å². The first-order valence-electron chi connectivity index (χ1n) is 7.43. The maximum absolute atomic E-state index is 6.37. The highest BCUT2D eigenvalue weighted by Crippen LogP contribution is 2.37. The second-order valence-corrected chi connectivity index (χ2v) is 5.73. The molecule has 0 bridgehead atoms. The maximum Gasteiger partial charge on any atom is 0.0710 e. The fraction of sp³-hybridized carbons (Fsp3) is 0. The van der Waals surface area contributed by atoms with Crippen molar-refractivity contribution in [3.05, 3.63) is 72.8 Å². The lowest BCUT2D eigenvalue weighted by Gasteiger charge is -2.02. The van der Waals surface area contributed by atoms with Crippen LogP contribution in [-0.4, -0.2) is 4.68 Å². The summed E-state index contributed by atoms with van der Waals surface area (Å²) < 4.78 is 1.81. The van der Waals surface area contributed by atoms with Gasteiger partial charge in [-0.3, -0.25) is 4.68 Å². The van der Waals surface area contributed by atoms with Crippen LogP contribution in [0.5, 0.6) is 0 Å². The average Bonchev–Trinajstić information content (AvgIpc) is 2.88. The number of rotatable bonds is 0. The Balaban J connectivity index is 2.21.